The SMILES string of the molecule is CCOc1ccc(-c2noc(CCC(=O)N(C)CCC(=O)O)n2)cc1. The number of aromatic nitrogens is 2. The van der Waals surface area contributed by atoms with Crippen LogP contribution in [0.25, 0.3) is 11.4 Å². The second-order valence-corrected chi connectivity index (χ2v) is 5.43. The molecule has 0 radical (unpaired) electrons. The maximum atomic E-state index is 11.9. The molecule has 0 saturated carbocycles. The summed E-state index contributed by atoms with van der Waals surface area (Å²) < 4.78 is 10.5. The van der Waals surface area contributed by atoms with Crippen molar-refractivity contribution in [2.45, 2.75) is 26.2 Å². The van der Waals surface area contributed by atoms with E-state index in [-0.39, 0.29) is 25.3 Å². The number of hydrogen-bond acceptors (Lipinski definition) is 6. The van der Waals surface area contributed by atoms with Crippen molar-refractivity contribution >= 4 is 11.9 Å². The lowest BCUT2D eigenvalue weighted by molar-refractivity contribution is -0.138. The van der Waals surface area contributed by atoms with Gasteiger partial charge in [-0.1, -0.05) is 5.16 Å². The molecule has 0 fully saturated rings. The monoisotopic (exact) mass is 347 g/mol. The average molecular weight is 347 g/mol. The van der Waals surface area contributed by atoms with Crippen LogP contribution in [0.3, 0.4) is 0 Å². The number of carbonyl (C=O) groups is 2. The van der Waals surface area contributed by atoms with Crippen molar-refractivity contribution in [1.29, 1.82) is 0 Å². The highest BCUT2D eigenvalue weighted by Gasteiger charge is 2.14. The van der Waals surface area contributed by atoms with Gasteiger partial charge in [-0.3, -0.25) is 9.59 Å². The van der Waals surface area contributed by atoms with Crippen molar-refractivity contribution in [3.63, 3.8) is 0 Å². The van der Waals surface area contributed by atoms with Crippen LogP contribution in [0.5, 0.6) is 5.75 Å². The van der Waals surface area contributed by atoms with Crippen LogP contribution in [0.4, 0.5) is 0 Å². The van der Waals surface area contributed by atoms with E-state index in [4.69, 9.17) is 14.4 Å². The van der Waals surface area contributed by atoms with E-state index in [1.165, 1.54) is 4.90 Å². The third kappa shape index (κ3) is 5.59. The molecule has 8 nitrogen and oxygen atoms in total. The van der Waals surface area contributed by atoms with Gasteiger partial charge in [0, 0.05) is 32.0 Å². The Morgan fingerprint density at radius 3 is 2.60 bits per heavy atom. The Labute approximate surface area is 145 Å². The van der Waals surface area contributed by atoms with Crippen molar-refractivity contribution in [3.8, 4) is 17.1 Å². The van der Waals surface area contributed by atoms with Gasteiger partial charge in [0.15, 0.2) is 0 Å². The summed E-state index contributed by atoms with van der Waals surface area (Å²) in [5.41, 5.74) is 0.795. The minimum absolute atomic E-state index is 0.0787. The molecule has 0 aliphatic rings. The molecule has 8 heteroatoms. The quantitative estimate of drug-likeness (QED) is 0.739. The Hall–Kier alpha value is -2.90. The van der Waals surface area contributed by atoms with Crippen LogP contribution >= 0.6 is 0 Å². The van der Waals surface area contributed by atoms with Gasteiger partial charge in [-0.2, -0.15) is 4.98 Å². The second-order valence-electron chi connectivity index (χ2n) is 5.43. The van der Waals surface area contributed by atoms with Gasteiger partial charge in [-0.25, -0.2) is 0 Å². The summed E-state index contributed by atoms with van der Waals surface area (Å²) in [5.74, 6) is 0.483. The first kappa shape index (κ1) is 18.4. The fourth-order valence-electron chi connectivity index (χ4n) is 2.13. The Bertz CT molecular complexity index is 711. The summed E-state index contributed by atoms with van der Waals surface area (Å²) in [7, 11) is 1.57. The molecule has 0 saturated heterocycles. The van der Waals surface area contributed by atoms with Crippen LogP contribution in [0.15, 0.2) is 28.8 Å². The van der Waals surface area contributed by atoms with Crippen molar-refractivity contribution in [3.05, 3.63) is 30.2 Å². The number of nitrogens with zero attached hydrogens (tertiary/aromatic N) is 3. The fourth-order valence-corrected chi connectivity index (χ4v) is 2.13. The van der Waals surface area contributed by atoms with Crippen molar-refractivity contribution in [2.75, 3.05) is 20.2 Å². The molecular formula is C17H21N3O5. The standard InChI is InChI=1S/C17H21N3O5/c1-3-24-13-6-4-12(5-7-13)17-18-14(25-19-17)8-9-15(21)20(2)11-10-16(22)23/h4-7H,3,8-11H2,1-2H3,(H,22,23). The first-order chi connectivity index (χ1) is 12.0. The van der Waals surface area contributed by atoms with Gasteiger partial charge in [0.2, 0.25) is 17.6 Å². The summed E-state index contributed by atoms with van der Waals surface area (Å²) in [4.78, 5) is 28.1. The molecule has 1 heterocycles. The lowest BCUT2D eigenvalue weighted by Crippen LogP contribution is -2.29. The zero-order valence-corrected chi connectivity index (χ0v) is 14.3. The van der Waals surface area contributed by atoms with Crippen LogP contribution in [0.2, 0.25) is 0 Å². The molecule has 0 unspecified atom stereocenters. The fraction of sp³-hybridized carbons (Fsp3) is 0.412. The average Bonchev–Trinajstić information content (AvgIpc) is 3.07. The number of aryl methyl sites for hydroxylation is 1. The Morgan fingerprint density at radius 2 is 1.96 bits per heavy atom. The number of amides is 1. The van der Waals surface area contributed by atoms with E-state index in [2.05, 4.69) is 10.1 Å². The summed E-state index contributed by atoms with van der Waals surface area (Å²) in [6.45, 7) is 2.69. The summed E-state index contributed by atoms with van der Waals surface area (Å²) >= 11 is 0. The third-order valence-electron chi connectivity index (χ3n) is 3.53. The molecule has 0 aliphatic carbocycles. The molecule has 1 amide bonds. The van der Waals surface area contributed by atoms with Gasteiger partial charge in [0.05, 0.1) is 13.0 Å². The van der Waals surface area contributed by atoms with Gasteiger partial charge in [0.1, 0.15) is 5.75 Å². The highest BCUT2D eigenvalue weighted by Crippen LogP contribution is 2.20. The van der Waals surface area contributed by atoms with E-state index in [9.17, 15) is 9.59 Å². The van der Waals surface area contributed by atoms with Crippen molar-refractivity contribution < 1.29 is 24.0 Å². The molecule has 0 bridgehead atoms. The minimum Gasteiger partial charge on any atom is -0.494 e. The van der Waals surface area contributed by atoms with Crippen LogP contribution < -0.4 is 4.74 Å². The number of carboxylic acids is 1. The van der Waals surface area contributed by atoms with Crippen LogP contribution in [0, 0.1) is 0 Å². The zero-order valence-electron chi connectivity index (χ0n) is 14.3. The number of aliphatic carboxylic acids is 1. The van der Waals surface area contributed by atoms with E-state index >= 15 is 0 Å². The lowest BCUT2D eigenvalue weighted by Gasteiger charge is -2.15. The molecule has 25 heavy (non-hydrogen) atoms. The van der Waals surface area contributed by atoms with Gasteiger partial charge in [-0.15, -0.1) is 0 Å². The predicted molar refractivity (Wildman–Crippen MR) is 89.1 cm³/mol. The van der Waals surface area contributed by atoms with Gasteiger partial charge >= 0.3 is 5.97 Å². The smallest absolute Gasteiger partial charge is 0.305 e. The summed E-state index contributed by atoms with van der Waals surface area (Å²) in [6, 6.07) is 7.33. The van der Waals surface area contributed by atoms with E-state index < -0.39 is 5.97 Å². The van der Waals surface area contributed by atoms with Crippen molar-refractivity contribution in [2.24, 2.45) is 0 Å². The molecule has 1 aromatic carbocycles. The molecule has 1 N–H and O–H groups in total. The number of carbonyl (C=O) groups excluding carboxylic acids is 1. The van der Waals surface area contributed by atoms with Gasteiger partial charge in [0.25, 0.3) is 0 Å². The van der Waals surface area contributed by atoms with Crippen LogP contribution in [-0.2, 0) is 16.0 Å². The normalized spacial score (nSPS) is 10.5. The molecule has 134 valence electrons. The van der Waals surface area contributed by atoms with Gasteiger partial charge < -0.3 is 19.3 Å². The van der Waals surface area contributed by atoms with E-state index in [0.29, 0.717) is 24.7 Å². The number of carboxylic acid groups (broad SMARTS) is 1. The van der Waals surface area contributed by atoms with E-state index in [1.807, 2.05) is 31.2 Å². The van der Waals surface area contributed by atoms with E-state index in [0.717, 1.165) is 11.3 Å². The minimum atomic E-state index is -0.934. The molecular weight excluding hydrogens is 326 g/mol. The van der Waals surface area contributed by atoms with Crippen LogP contribution in [-0.4, -0.2) is 52.2 Å². The zero-order chi connectivity index (χ0) is 18.2. The van der Waals surface area contributed by atoms with Gasteiger partial charge in [-0.05, 0) is 31.2 Å². The summed E-state index contributed by atoms with van der Waals surface area (Å²) in [5, 5.41) is 12.5. The molecule has 2 rings (SSSR count). The Morgan fingerprint density at radius 1 is 1.24 bits per heavy atom. The Balaban J connectivity index is 1.88. The maximum absolute atomic E-state index is 11.9. The largest absolute Gasteiger partial charge is 0.494 e. The molecule has 0 spiro atoms. The summed E-state index contributed by atoms with van der Waals surface area (Å²) in [6.07, 6.45) is 0.409. The first-order valence-corrected chi connectivity index (χ1v) is 8.01. The topological polar surface area (TPSA) is 106 Å². The van der Waals surface area contributed by atoms with Crippen LogP contribution in [0.1, 0.15) is 25.7 Å². The van der Waals surface area contributed by atoms with E-state index in [1.54, 1.807) is 7.05 Å². The maximum Gasteiger partial charge on any atom is 0.305 e. The first-order valence-electron chi connectivity index (χ1n) is 8.01. The number of hydrogen-bond donors (Lipinski definition) is 1. The molecule has 0 aliphatic heterocycles. The number of ether oxygens (including phenoxy) is 1. The predicted octanol–water partition coefficient (Wildman–Crippen LogP) is 2.00. The van der Waals surface area contributed by atoms with Crippen molar-refractivity contribution in [1.82, 2.24) is 15.0 Å². The molecule has 1 aromatic heterocycles. The third-order valence-corrected chi connectivity index (χ3v) is 3.53. The number of rotatable bonds is 9. The Kier molecular flexibility index (Phi) is 6.50. The molecule has 0 atom stereocenters. The second kappa shape index (κ2) is 8.81. The molecule has 2 aromatic rings. The lowest BCUT2D eigenvalue weighted by atomic mass is 10.2. The highest BCUT2D eigenvalue weighted by molar-refractivity contribution is 5.76. The number of benzene rings is 1. The highest BCUT2D eigenvalue weighted by atomic mass is 16.5.